The van der Waals surface area contributed by atoms with Gasteiger partial charge in [0, 0.05) is 26.3 Å². The smallest absolute Gasteiger partial charge is 0.274 e. The summed E-state index contributed by atoms with van der Waals surface area (Å²) in [7, 11) is -1.81. The third kappa shape index (κ3) is 6.15. The third-order valence-corrected chi connectivity index (χ3v) is 7.56. The normalized spacial score (nSPS) is 21.1. The predicted octanol–water partition coefficient (Wildman–Crippen LogP) is 0.250. The third-order valence-electron chi connectivity index (χ3n) is 6.29. The summed E-state index contributed by atoms with van der Waals surface area (Å²) in [5, 5.41) is 11.3. The number of carbonyl (C=O) groups excluding carboxylic acids is 1. The molecule has 5 rings (SSSR count). The highest BCUT2D eigenvalue weighted by Crippen LogP contribution is 2.22. The maximum Gasteiger partial charge on any atom is 0.274 e. The first-order valence-corrected chi connectivity index (χ1v) is 13.7. The van der Waals surface area contributed by atoms with E-state index >= 15 is 0 Å². The zero-order valence-corrected chi connectivity index (χ0v) is 21.4. The Morgan fingerprint density at radius 1 is 1.22 bits per heavy atom. The average Bonchev–Trinajstić information content (AvgIpc) is 3.58. The molecule has 2 atom stereocenters. The largest absolute Gasteiger partial charge is 0.489 e. The molecule has 0 unspecified atom stereocenters. The second-order valence-electron chi connectivity index (χ2n) is 9.18. The summed E-state index contributed by atoms with van der Waals surface area (Å²) >= 11 is 0. The molecule has 3 aromatic rings. The Hall–Kier alpha value is -3.33. The van der Waals surface area contributed by atoms with Crippen molar-refractivity contribution in [3.8, 4) is 5.75 Å². The number of amides is 1. The van der Waals surface area contributed by atoms with Crippen LogP contribution in [0.2, 0.25) is 0 Å². The van der Waals surface area contributed by atoms with Gasteiger partial charge in [-0.15, -0.1) is 5.10 Å². The van der Waals surface area contributed by atoms with Crippen LogP contribution < -0.4 is 10.1 Å². The van der Waals surface area contributed by atoms with Gasteiger partial charge in [-0.25, -0.2) is 18.1 Å². The lowest BCUT2D eigenvalue weighted by Gasteiger charge is -2.20. The second kappa shape index (κ2) is 10.6. The van der Waals surface area contributed by atoms with Crippen LogP contribution in [0.4, 0.5) is 0 Å². The molecule has 3 aromatic heterocycles. The summed E-state index contributed by atoms with van der Waals surface area (Å²) in [6.45, 7) is 2.72. The molecule has 198 valence electrons. The lowest BCUT2D eigenvalue weighted by atomic mass is 10.2. The van der Waals surface area contributed by atoms with Gasteiger partial charge < -0.3 is 19.2 Å². The summed E-state index contributed by atoms with van der Waals surface area (Å²) in [5.74, 6) is 1.30. The van der Waals surface area contributed by atoms with E-state index in [1.165, 1.54) is 11.4 Å². The summed E-state index contributed by atoms with van der Waals surface area (Å²) in [6.07, 6.45) is 4.22. The topological polar surface area (TPSA) is 145 Å². The molecule has 14 heteroatoms. The summed E-state index contributed by atoms with van der Waals surface area (Å²) in [5.41, 5.74) is 0.898. The monoisotopic (exact) mass is 531 g/mol. The number of hydrogen-bond acceptors (Lipinski definition) is 10. The van der Waals surface area contributed by atoms with E-state index in [9.17, 15) is 13.2 Å². The average molecular weight is 532 g/mol. The Labute approximate surface area is 214 Å². The number of furan rings is 1. The number of aromatic nitrogens is 4. The highest BCUT2D eigenvalue weighted by molar-refractivity contribution is 7.88. The first kappa shape index (κ1) is 25.3. The van der Waals surface area contributed by atoms with Crippen molar-refractivity contribution >= 4 is 15.9 Å². The zero-order chi connectivity index (χ0) is 26.0. The standard InChI is InChI=1S/C23H29N7O6S/c1-28(37(2,32)33)11-17-5-6-18(36-17)12-29-13-19-21(14-29)35-15-16-10-30(27-26-16)8-9-34-20-4-3-7-24-22(20)23(31)25-19/h3-7,10,19,21H,8-9,11-15H2,1-2H3,(H,25,31)/t19-,21-/m0/s1. The van der Waals surface area contributed by atoms with Crippen molar-refractivity contribution in [3.05, 3.63) is 59.6 Å². The summed E-state index contributed by atoms with van der Waals surface area (Å²) in [4.78, 5) is 19.5. The molecule has 37 heavy (non-hydrogen) atoms. The summed E-state index contributed by atoms with van der Waals surface area (Å²) < 4.78 is 44.2. The van der Waals surface area contributed by atoms with Gasteiger partial charge in [0.2, 0.25) is 10.0 Å². The predicted molar refractivity (Wildman–Crippen MR) is 130 cm³/mol. The minimum absolute atomic E-state index is 0.151. The van der Waals surface area contributed by atoms with Crippen LogP contribution in [0.1, 0.15) is 27.7 Å². The number of nitrogens with one attached hydrogen (secondary N) is 1. The second-order valence-corrected chi connectivity index (χ2v) is 11.3. The zero-order valence-electron chi connectivity index (χ0n) is 20.6. The number of likely N-dealkylation sites (tertiary alicyclic amines) is 1. The van der Waals surface area contributed by atoms with Gasteiger partial charge in [0.25, 0.3) is 5.91 Å². The van der Waals surface area contributed by atoms with Crippen LogP contribution in [-0.4, -0.2) is 88.7 Å². The van der Waals surface area contributed by atoms with Crippen LogP contribution in [0.5, 0.6) is 5.75 Å². The van der Waals surface area contributed by atoms with Gasteiger partial charge in [-0.2, -0.15) is 4.31 Å². The van der Waals surface area contributed by atoms with Gasteiger partial charge >= 0.3 is 0 Å². The molecule has 1 saturated heterocycles. The number of nitrogens with zero attached hydrogens (tertiary/aromatic N) is 6. The van der Waals surface area contributed by atoms with Crippen molar-refractivity contribution in [2.75, 3.05) is 33.0 Å². The van der Waals surface area contributed by atoms with Gasteiger partial charge in [-0.3, -0.25) is 9.69 Å². The molecular formula is C23H29N7O6S. The van der Waals surface area contributed by atoms with Crippen molar-refractivity contribution in [3.63, 3.8) is 0 Å². The van der Waals surface area contributed by atoms with Crippen LogP contribution in [-0.2, 0) is 41.0 Å². The molecule has 5 heterocycles. The molecule has 1 fully saturated rings. The Morgan fingerprint density at radius 3 is 2.89 bits per heavy atom. The number of sulfonamides is 1. The number of hydrogen-bond donors (Lipinski definition) is 1. The number of fused-ring (bicyclic) bond motifs is 4. The SMILES string of the molecule is CN(Cc1ccc(CN2C[C@@H]3NC(=O)c4ncccc4OCCn4cc(nn4)CO[C@H]3C2)o1)S(C)(=O)=O. The first-order chi connectivity index (χ1) is 17.7. The fourth-order valence-corrected chi connectivity index (χ4v) is 4.67. The molecule has 13 nitrogen and oxygen atoms in total. The van der Waals surface area contributed by atoms with Crippen molar-refractivity contribution in [2.45, 2.75) is 38.4 Å². The van der Waals surface area contributed by atoms with E-state index in [2.05, 4.69) is 25.5 Å². The van der Waals surface area contributed by atoms with Gasteiger partial charge in [0.15, 0.2) is 11.4 Å². The minimum atomic E-state index is -3.31. The van der Waals surface area contributed by atoms with E-state index in [1.54, 1.807) is 29.1 Å². The maximum atomic E-state index is 13.2. The molecular weight excluding hydrogens is 502 g/mol. The molecule has 0 spiro atoms. The fraction of sp³-hybridized carbons (Fsp3) is 0.478. The van der Waals surface area contributed by atoms with Crippen LogP contribution in [0.15, 0.2) is 41.1 Å². The Bertz CT molecular complexity index is 1360. The lowest BCUT2D eigenvalue weighted by Crippen LogP contribution is -2.44. The lowest BCUT2D eigenvalue weighted by molar-refractivity contribution is 0.0289. The van der Waals surface area contributed by atoms with Gasteiger partial charge in [0.05, 0.1) is 50.8 Å². The van der Waals surface area contributed by atoms with Crippen LogP contribution in [0.3, 0.4) is 0 Å². The van der Waals surface area contributed by atoms with Gasteiger partial charge in [-0.1, -0.05) is 5.21 Å². The molecule has 0 saturated carbocycles. The number of pyridine rings is 1. The van der Waals surface area contributed by atoms with Crippen molar-refractivity contribution in [1.82, 2.24) is 34.5 Å². The highest BCUT2D eigenvalue weighted by Gasteiger charge is 2.36. The fourth-order valence-electron chi connectivity index (χ4n) is 4.31. The van der Waals surface area contributed by atoms with Crippen molar-refractivity contribution in [1.29, 1.82) is 0 Å². The number of carbonyl (C=O) groups is 1. The Balaban J connectivity index is 1.31. The minimum Gasteiger partial charge on any atom is -0.489 e. The van der Waals surface area contributed by atoms with Crippen molar-refractivity contribution in [2.24, 2.45) is 0 Å². The first-order valence-electron chi connectivity index (χ1n) is 11.8. The van der Waals surface area contributed by atoms with E-state index in [4.69, 9.17) is 13.9 Å². The number of rotatable bonds is 5. The van der Waals surface area contributed by atoms with E-state index in [-0.39, 0.29) is 36.9 Å². The van der Waals surface area contributed by atoms with E-state index in [0.29, 0.717) is 55.7 Å². The maximum absolute atomic E-state index is 13.2. The van der Waals surface area contributed by atoms with E-state index in [0.717, 1.165) is 6.26 Å². The molecule has 0 aliphatic carbocycles. The molecule has 0 aromatic carbocycles. The summed E-state index contributed by atoms with van der Waals surface area (Å²) in [6, 6.07) is 6.72. The molecule has 1 N–H and O–H groups in total. The van der Waals surface area contributed by atoms with E-state index < -0.39 is 10.0 Å². The molecule has 2 bridgehead atoms. The van der Waals surface area contributed by atoms with E-state index in [1.807, 2.05) is 12.3 Å². The van der Waals surface area contributed by atoms with Crippen LogP contribution >= 0.6 is 0 Å². The quantitative estimate of drug-likeness (QED) is 0.486. The van der Waals surface area contributed by atoms with Gasteiger partial charge in [-0.05, 0) is 24.3 Å². The molecule has 1 amide bonds. The molecule has 2 aliphatic rings. The van der Waals surface area contributed by atoms with Crippen LogP contribution in [0, 0.1) is 0 Å². The number of ether oxygens (including phenoxy) is 2. The molecule has 0 radical (unpaired) electrons. The van der Waals surface area contributed by atoms with Crippen LogP contribution in [0.25, 0.3) is 0 Å². The van der Waals surface area contributed by atoms with Crippen molar-refractivity contribution < 1.29 is 27.1 Å². The molecule has 2 aliphatic heterocycles. The Kier molecular flexibility index (Phi) is 7.24. The van der Waals surface area contributed by atoms with Gasteiger partial charge in [0.1, 0.15) is 23.8 Å². The Morgan fingerprint density at radius 2 is 2.05 bits per heavy atom. The highest BCUT2D eigenvalue weighted by atomic mass is 32.2.